The van der Waals surface area contributed by atoms with Crippen LogP contribution >= 0.6 is 0 Å². The van der Waals surface area contributed by atoms with Gasteiger partial charge < -0.3 is 20.9 Å². The fraction of sp³-hybridized carbons (Fsp3) is 0.150. The Kier molecular flexibility index (Phi) is 5.91. The molecule has 3 rings (SSSR count). The standard InChI is InChI=1S/C20H22N6O2/c1-27-17-9-8-15(10-18(17)28-2)19-16(11-23-24-20(21)22)13-26(25-19)12-14-6-4-3-5-7-14/h3-11,13H,12H2,1-2H3,(H4,21,22,24)/p+1/b23-11+. The molecule has 0 fully saturated rings. The third-order valence-corrected chi connectivity index (χ3v) is 4.08. The van der Waals surface area contributed by atoms with Crippen LogP contribution in [0.2, 0.25) is 0 Å². The Morgan fingerprint density at radius 2 is 1.82 bits per heavy atom. The van der Waals surface area contributed by atoms with Crippen molar-refractivity contribution in [3.05, 3.63) is 65.9 Å². The van der Waals surface area contributed by atoms with Crippen molar-refractivity contribution in [1.82, 2.24) is 5.10 Å². The van der Waals surface area contributed by atoms with Crippen molar-refractivity contribution < 1.29 is 14.2 Å². The zero-order chi connectivity index (χ0) is 19.9. The van der Waals surface area contributed by atoms with Gasteiger partial charge in [-0.2, -0.15) is 10.2 Å². The molecule has 0 radical (unpaired) electrons. The van der Waals surface area contributed by atoms with Gasteiger partial charge in [0, 0.05) is 11.1 Å². The summed E-state index contributed by atoms with van der Waals surface area (Å²) in [5.74, 6) is 1.19. The molecular weight excluding hydrogens is 356 g/mol. The van der Waals surface area contributed by atoms with Gasteiger partial charge in [-0.25, -0.2) is 0 Å². The zero-order valence-corrected chi connectivity index (χ0v) is 15.8. The van der Waals surface area contributed by atoms with Crippen LogP contribution in [0.3, 0.4) is 0 Å². The molecule has 28 heavy (non-hydrogen) atoms. The number of nitrogens with zero attached hydrogens (tertiary/aromatic N) is 3. The fourth-order valence-electron chi connectivity index (χ4n) is 2.82. The van der Waals surface area contributed by atoms with E-state index < -0.39 is 0 Å². The molecule has 0 aliphatic rings. The summed E-state index contributed by atoms with van der Waals surface area (Å²) < 4.78 is 12.7. The summed E-state index contributed by atoms with van der Waals surface area (Å²) in [5.41, 5.74) is 14.5. The lowest BCUT2D eigenvalue weighted by Crippen LogP contribution is -2.35. The van der Waals surface area contributed by atoms with Crippen LogP contribution in [0, 0.1) is 0 Å². The first kappa shape index (κ1) is 19.0. The molecule has 0 spiro atoms. The number of ether oxygens (including phenoxy) is 2. The van der Waals surface area contributed by atoms with E-state index in [1.807, 2.05) is 47.3 Å². The first-order chi connectivity index (χ1) is 13.6. The highest BCUT2D eigenvalue weighted by Gasteiger charge is 2.17. The van der Waals surface area contributed by atoms with Gasteiger partial charge in [-0.05, 0) is 18.2 Å². The Bertz CT molecular complexity index is 991. The minimum atomic E-state index is -0.100. The summed E-state index contributed by atoms with van der Waals surface area (Å²) >= 11 is 0. The summed E-state index contributed by atoms with van der Waals surface area (Å²) in [7, 11) is 3.21. The second-order valence-electron chi connectivity index (χ2n) is 6.02. The van der Waals surface area contributed by atoms with E-state index in [0.717, 1.165) is 16.8 Å². The lowest BCUT2D eigenvalue weighted by Gasteiger charge is -2.08. The van der Waals surface area contributed by atoms with Crippen LogP contribution in [0.25, 0.3) is 11.3 Å². The molecule has 0 atom stereocenters. The number of rotatable bonds is 7. The van der Waals surface area contributed by atoms with Gasteiger partial charge in [0.2, 0.25) is 12.2 Å². The Morgan fingerprint density at radius 3 is 2.50 bits per heavy atom. The Balaban J connectivity index is 2.02. The zero-order valence-electron chi connectivity index (χ0n) is 15.8. The van der Waals surface area contributed by atoms with Gasteiger partial charge in [0.15, 0.2) is 18.0 Å². The normalized spacial score (nSPS) is 10.8. The van der Waals surface area contributed by atoms with Crippen LogP contribution in [0.15, 0.2) is 64.9 Å². The molecule has 8 nitrogen and oxygen atoms in total. The van der Waals surface area contributed by atoms with E-state index >= 15 is 0 Å². The number of nitrogens with two attached hydrogens (primary N) is 2. The highest BCUT2D eigenvalue weighted by Crippen LogP contribution is 2.32. The Labute approximate surface area is 163 Å². The topological polar surface area (TPSA) is 115 Å². The van der Waals surface area contributed by atoms with E-state index in [9.17, 15) is 0 Å². The molecule has 144 valence electrons. The summed E-state index contributed by atoms with van der Waals surface area (Å²) in [5, 5.41) is 11.0. The second kappa shape index (κ2) is 8.72. The number of hydrogen-bond acceptors (Lipinski definition) is 4. The molecule has 0 unspecified atom stereocenters. The average molecular weight is 379 g/mol. The summed E-state index contributed by atoms with van der Waals surface area (Å²) in [6, 6.07) is 15.8. The number of nitrogens with one attached hydrogen (secondary N) is 1. The number of guanidine groups is 1. The Morgan fingerprint density at radius 1 is 1.07 bits per heavy atom. The van der Waals surface area contributed by atoms with Crippen LogP contribution in [0.1, 0.15) is 11.1 Å². The largest absolute Gasteiger partial charge is 0.493 e. The molecule has 1 heterocycles. The monoisotopic (exact) mass is 379 g/mol. The van der Waals surface area contributed by atoms with Crippen LogP contribution in [0.5, 0.6) is 11.5 Å². The number of aromatic amines is 1. The molecule has 0 amide bonds. The third kappa shape index (κ3) is 4.47. The third-order valence-electron chi connectivity index (χ3n) is 4.08. The number of methoxy groups -OCH3 is 2. The SMILES string of the molecule is COc1ccc(-c2[nH][n+](Cc3ccccc3)cc2/C=N/N=C(N)N)cc1OC. The van der Waals surface area contributed by atoms with Crippen molar-refractivity contribution in [2.75, 3.05) is 14.2 Å². The van der Waals surface area contributed by atoms with Gasteiger partial charge in [-0.15, -0.1) is 9.78 Å². The maximum Gasteiger partial charge on any atom is 0.211 e. The lowest BCUT2D eigenvalue weighted by atomic mass is 10.1. The maximum absolute atomic E-state index is 5.42. The average Bonchev–Trinajstić information content (AvgIpc) is 3.10. The summed E-state index contributed by atoms with van der Waals surface area (Å²) in [4.78, 5) is 0. The molecular formula is C20H23N6O2+. The fourth-order valence-corrected chi connectivity index (χ4v) is 2.82. The van der Waals surface area contributed by atoms with Gasteiger partial charge >= 0.3 is 0 Å². The van der Waals surface area contributed by atoms with Crippen molar-refractivity contribution in [2.45, 2.75) is 6.54 Å². The predicted octanol–water partition coefficient (Wildman–Crippen LogP) is 1.64. The van der Waals surface area contributed by atoms with E-state index in [-0.39, 0.29) is 5.96 Å². The molecule has 5 N–H and O–H groups in total. The van der Waals surface area contributed by atoms with Crippen molar-refractivity contribution in [1.29, 1.82) is 0 Å². The quantitative estimate of drug-likeness (QED) is 0.250. The van der Waals surface area contributed by atoms with Gasteiger partial charge in [0.1, 0.15) is 5.69 Å². The predicted molar refractivity (Wildman–Crippen MR) is 108 cm³/mol. The van der Waals surface area contributed by atoms with Gasteiger partial charge in [0.05, 0.1) is 26.0 Å². The molecule has 0 aliphatic carbocycles. The first-order valence-electron chi connectivity index (χ1n) is 8.61. The smallest absolute Gasteiger partial charge is 0.211 e. The van der Waals surface area contributed by atoms with Crippen LogP contribution < -0.4 is 25.6 Å². The van der Waals surface area contributed by atoms with Gasteiger partial charge in [-0.3, -0.25) is 0 Å². The molecule has 0 saturated carbocycles. The number of hydrogen-bond donors (Lipinski definition) is 3. The first-order valence-corrected chi connectivity index (χ1v) is 8.61. The van der Waals surface area contributed by atoms with E-state index in [1.54, 1.807) is 20.4 Å². The molecule has 0 bridgehead atoms. The number of aromatic nitrogens is 2. The van der Waals surface area contributed by atoms with Crippen molar-refractivity contribution in [2.24, 2.45) is 21.7 Å². The summed E-state index contributed by atoms with van der Waals surface area (Å²) in [6.07, 6.45) is 3.55. The molecule has 3 aromatic rings. The minimum absolute atomic E-state index is 0.100. The highest BCUT2D eigenvalue weighted by molar-refractivity contribution is 5.89. The number of benzene rings is 2. The molecule has 1 aromatic heterocycles. The molecule has 2 aromatic carbocycles. The van der Waals surface area contributed by atoms with Gasteiger partial charge in [0.25, 0.3) is 0 Å². The highest BCUT2D eigenvalue weighted by atomic mass is 16.5. The molecule has 0 saturated heterocycles. The van der Waals surface area contributed by atoms with E-state index in [0.29, 0.717) is 18.0 Å². The minimum Gasteiger partial charge on any atom is -0.493 e. The van der Waals surface area contributed by atoms with Crippen LogP contribution in [-0.2, 0) is 6.54 Å². The van der Waals surface area contributed by atoms with E-state index in [2.05, 4.69) is 27.4 Å². The lowest BCUT2D eigenvalue weighted by molar-refractivity contribution is -0.741. The molecule has 0 aliphatic heterocycles. The van der Waals surface area contributed by atoms with Crippen LogP contribution in [0.4, 0.5) is 0 Å². The molecule has 8 heteroatoms. The van der Waals surface area contributed by atoms with E-state index in [4.69, 9.17) is 20.9 Å². The maximum atomic E-state index is 5.42. The van der Waals surface area contributed by atoms with E-state index in [1.165, 1.54) is 5.56 Å². The van der Waals surface area contributed by atoms with Crippen molar-refractivity contribution >= 4 is 12.2 Å². The number of H-pyrrole nitrogens is 1. The Hall–Kier alpha value is -3.81. The second-order valence-corrected chi connectivity index (χ2v) is 6.02. The van der Waals surface area contributed by atoms with Crippen molar-refractivity contribution in [3.8, 4) is 22.8 Å². The van der Waals surface area contributed by atoms with Crippen LogP contribution in [-0.4, -0.2) is 31.5 Å². The summed E-state index contributed by atoms with van der Waals surface area (Å²) in [6.45, 7) is 0.678. The van der Waals surface area contributed by atoms with Crippen molar-refractivity contribution in [3.63, 3.8) is 0 Å². The van der Waals surface area contributed by atoms with Gasteiger partial charge in [-0.1, -0.05) is 30.3 Å².